The average Bonchev–Trinajstić information content (AvgIpc) is 2.60. The van der Waals surface area contributed by atoms with Gasteiger partial charge in [-0.05, 0) is 43.3 Å². The van der Waals surface area contributed by atoms with Gasteiger partial charge in [0.15, 0.2) is 5.78 Å². The Kier molecular flexibility index (Phi) is 4.47. The fourth-order valence-corrected chi connectivity index (χ4v) is 2.30. The highest BCUT2D eigenvalue weighted by molar-refractivity contribution is 5.97. The van der Waals surface area contributed by atoms with Gasteiger partial charge in [0.05, 0.1) is 12.1 Å². The molecule has 0 aliphatic rings. The predicted molar refractivity (Wildman–Crippen MR) is 93.1 cm³/mol. The van der Waals surface area contributed by atoms with Crippen molar-refractivity contribution in [1.29, 1.82) is 0 Å². The van der Waals surface area contributed by atoms with E-state index in [1.54, 1.807) is 24.3 Å². The normalized spacial score (nSPS) is 10.4. The van der Waals surface area contributed by atoms with E-state index in [4.69, 9.17) is 0 Å². The summed E-state index contributed by atoms with van der Waals surface area (Å²) in [6.07, 6.45) is 1.46. The molecule has 0 aliphatic carbocycles. The van der Waals surface area contributed by atoms with Crippen LogP contribution in [-0.2, 0) is 4.79 Å². The molecular weight excluding hydrogens is 304 g/mol. The summed E-state index contributed by atoms with van der Waals surface area (Å²) >= 11 is 0. The van der Waals surface area contributed by atoms with Crippen molar-refractivity contribution in [3.05, 3.63) is 60.4 Å². The molecule has 0 aliphatic heterocycles. The maximum absolute atomic E-state index is 12.1. The smallest absolute Gasteiger partial charge is 0.243 e. The molecule has 0 saturated carbocycles. The number of ketones is 1. The van der Waals surface area contributed by atoms with Gasteiger partial charge in [-0.3, -0.25) is 9.59 Å². The van der Waals surface area contributed by atoms with E-state index in [1.165, 1.54) is 13.3 Å². The molecule has 2 aromatic carbocycles. The maximum atomic E-state index is 12.1. The SMILES string of the molecule is CC(=O)c1ccc(NC(=O)CNc2ncnc3ccccc23)cc1. The van der Waals surface area contributed by atoms with Crippen molar-refractivity contribution in [1.82, 2.24) is 9.97 Å². The third kappa shape index (κ3) is 3.55. The molecular formula is C18H16N4O2. The summed E-state index contributed by atoms with van der Waals surface area (Å²) in [6.45, 7) is 1.58. The minimum Gasteiger partial charge on any atom is -0.360 e. The van der Waals surface area contributed by atoms with Gasteiger partial charge in [-0.15, -0.1) is 0 Å². The predicted octanol–water partition coefficient (Wildman–Crippen LogP) is 2.88. The fraction of sp³-hybridized carbons (Fsp3) is 0.111. The molecule has 3 aromatic rings. The van der Waals surface area contributed by atoms with Gasteiger partial charge in [-0.2, -0.15) is 0 Å². The van der Waals surface area contributed by atoms with Gasteiger partial charge in [0, 0.05) is 16.6 Å². The topological polar surface area (TPSA) is 84.0 Å². The Bertz CT molecular complexity index is 886. The summed E-state index contributed by atoms with van der Waals surface area (Å²) in [5.41, 5.74) is 2.06. The lowest BCUT2D eigenvalue weighted by Crippen LogP contribution is -2.22. The molecule has 0 radical (unpaired) electrons. The van der Waals surface area contributed by atoms with E-state index in [-0.39, 0.29) is 18.2 Å². The molecule has 0 fully saturated rings. The van der Waals surface area contributed by atoms with E-state index >= 15 is 0 Å². The van der Waals surface area contributed by atoms with Crippen molar-refractivity contribution in [3.8, 4) is 0 Å². The van der Waals surface area contributed by atoms with Crippen molar-refractivity contribution >= 4 is 34.1 Å². The lowest BCUT2D eigenvalue weighted by Gasteiger charge is -2.09. The molecule has 6 nitrogen and oxygen atoms in total. The number of nitrogens with one attached hydrogen (secondary N) is 2. The molecule has 1 heterocycles. The Balaban J connectivity index is 1.64. The maximum Gasteiger partial charge on any atom is 0.243 e. The van der Waals surface area contributed by atoms with E-state index in [0.717, 1.165) is 10.9 Å². The van der Waals surface area contributed by atoms with Crippen LogP contribution in [0.3, 0.4) is 0 Å². The first-order chi connectivity index (χ1) is 11.6. The van der Waals surface area contributed by atoms with E-state index in [1.807, 2.05) is 24.3 Å². The lowest BCUT2D eigenvalue weighted by molar-refractivity contribution is -0.114. The van der Waals surface area contributed by atoms with E-state index < -0.39 is 0 Å². The van der Waals surface area contributed by atoms with Crippen LogP contribution < -0.4 is 10.6 Å². The molecule has 0 bridgehead atoms. The van der Waals surface area contributed by atoms with E-state index in [2.05, 4.69) is 20.6 Å². The van der Waals surface area contributed by atoms with Gasteiger partial charge in [0.2, 0.25) is 5.91 Å². The quantitative estimate of drug-likeness (QED) is 0.706. The van der Waals surface area contributed by atoms with Crippen molar-refractivity contribution in [2.24, 2.45) is 0 Å². The van der Waals surface area contributed by atoms with Crippen LogP contribution in [0.25, 0.3) is 10.9 Å². The summed E-state index contributed by atoms with van der Waals surface area (Å²) in [4.78, 5) is 31.6. The number of fused-ring (bicyclic) bond motifs is 1. The number of rotatable bonds is 5. The van der Waals surface area contributed by atoms with Crippen LogP contribution in [0.2, 0.25) is 0 Å². The number of para-hydroxylation sites is 1. The molecule has 120 valence electrons. The Labute approximate surface area is 138 Å². The van der Waals surface area contributed by atoms with E-state index in [9.17, 15) is 9.59 Å². The summed E-state index contributed by atoms with van der Waals surface area (Å²) in [7, 11) is 0. The van der Waals surface area contributed by atoms with Gasteiger partial charge >= 0.3 is 0 Å². The molecule has 0 saturated heterocycles. The number of benzene rings is 2. The Morgan fingerprint density at radius 3 is 2.50 bits per heavy atom. The summed E-state index contributed by atoms with van der Waals surface area (Å²) < 4.78 is 0. The number of aromatic nitrogens is 2. The number of amides is 1. The van der Waals surface area contributed by atoms with Crippen LogP contribution in [0.5, 0.6) is 0 Å². The average molecular weight is 320 g/mol. The third-order valence-corrected chi connectivity index (χ3v) is 3.53. The molecule has 6 heteroatoms. The number of carbonyl (C=O) groups excluding carboxylic acids is 2. The molecule has 3 rings (SSSR count). The van der Waals surface area contributed by atoms with Crippen LogP contribution >= 0.6 is 0 Å². The Morgan fingerprint density at radius 1 is 1.00 bits per heavy atom. The second kappa shape index (κ2) is 6.87. The Hall–Kier alpha value is -3.28. The van der Waals surface area contributed by atoms with Crippen LogP contribution in [0, 0.1) is 0 Å². The second-order valence-electron chi connectivity index (χ2n) is 5.27. The van der Waals surface area contributed by atoms with Crippen molar-refractivity contribution in [2.75, 3.05) is 17.2 Å². The number of Topliss-reactive ketones (excluding diaryl/α,β-unsaturated/α-hetero) is 1. The van der Waals surface area contributed by atoms with Crippen LogP contribution in [-0.4, -0.2) is 28.2 Å². The standard InChI is InChI=1S/C18H16N4O2/c1-12(23)13-6-8-14(9-7-13)22-17(24)10-19-18-15-4-2-3-5-16(15)20-11-21-18/h2-9,11H,10H2,1H3,(H,22,24)(H,19,20,21). The number of nitrogens with zero attached hydrogens (tertiary/aromatic N) is 2. The minimum atomic E-state index is -0.201. The zero-order chi connectivity index (χ0) is 16.9. The van der Waals surface area contributed by atoms with Crippen LogP contribution in [0.15, 0.2) is 54.9 Å². The number of hydrogen-bond acceptors (Lipinski definition) is 5. The highest BCUT2D eigenvalue weighted by Crippen LogP contribution is 2.18. The highest BCUT2D eigenvalue weighted by Gasteiger charge is 2.06. The first kappa shape index (κ1) is 15.6. The first-order valence-electron chi connectivity index (χ1n) is 7.48. The zero-order valence-electron chi connectivity index (χ0n) is 13.1. The molecule has 0 spiro atoms. The molecule has 1 amide bonds. The largest absolute Gasteiger partial charge is 0.360 e. The van der Waals surface area contributed by atoms with Gasteiger partial charge in [0.1, 0.15) is 12.1 Å². The number of carbonyl (C=O) groups is 2. The van der Waals surface area contributed by atoms with Crippen molar-refractivity contribution < 1.29 is 9.59 Å². The van der Waals surface area contributed by atoms with E-state index in [0.29, 0.717) is 17.1 Å². The Morgan fingerprint density at radius 2 is 1.75 bits per heavy atom. The molecule has 0 unspecified atom stereocenters. The first-order valence-corrected chi connectivity index (χ1v) is 7.48. The van der Waals surface area contributed by atoms with Gasteiger partial charge in [-0.1, -0.05) is 12.1 Å². The molecule has 24 heavy (non-hydrogen) atoms. The summed E-state index contributed by atoms with van der Waals surface area (Å²) in [6, 6.07) is 14.4. The highest BCUT2D eigenvalue weighted by atomic mass is 16.2. The lowest BCUT2D eigenvalue weighted by atomic mass is 10.1. The number of anilines is 2. The van der Waals surface area contributed by atoms with Crippen LogP contribution in [0.4, 0.5) is 11.5 Å². The van der Waals surface area contributed by atoms with Crippen LogP contribution in [0.1, 0.15) is 17.3 Å². The van der Waals surface area contributed by atoms with Crippen molar-refractivity contribution in [2.45, 2.75) is 6.92 Å². The van der Waals surface area contributed by atoms with Gasteiger partial charge in [0.25, 0.3) is 0 Å². The van der Waals surface area contributed by atoms with Crippen molar-refractivity contribution in [3.63, 3.8) is 0 Å². The fourth-order valence-electron chi connectivity index (χ4n) is 2.30. The van der Waals surface area contributed by atoms with Gasteiger partial charge in [-0.25, -0.2) is 9.97 Å². The monoisotopic (exact) mass is 320 g/mol. The summed E-state index contributed by atoms with van der Waals surface area (Å²) in [5.74, 6) is 0.404. The zero-order valence-corrected chi connectivity index (χ0v) is 13.1. The molecule has 2 N–H and O–H groups in total. The third-order valence-electron chi connectivity index (χ3n) is 3.53. The van der Waals surface area contributed by atoms with Gasteiger partial charge < -0.3 is 10.6 Å². The second-order valence-corrected chi connectivity index (χ2v) is 5.27. The number of hydrogen-bond donors (Lipinski definition) is 2. The molecule has 1 aromatic heterocycles. The minimum absolute atomic E-state index is 0.00909. The summed E-state index contributed by atoms with van der Waals surface area (Å²) in [5, 5.41) is 6.65. The molecule has 0 atom stereocenters.